The van der Waals surface area contributed by atoms with Gasteiger partial charge in [0, 0.05) is 30.4 Å². The van der Waals surface area contributed by atoms with Crippen molar-refractivity contribution in [2.45, 2.75) is 18.9 Å². The summed E-state index contributed by atoms with van der Waals surface area (Å²) in [6.07, 6.45) is 1.17. The Kier molecular flexibility index (Phi) is 7.53. The smallest absolute Gasteiger partial charge is 0.256 e. The molecule has 2 amide bonds. The van der Waals surface area contributed by atoms with Crippen molar-refractivity contribution in [2.24, 2.45) is 0 Å². The molecule has 9 heteroatoms. The Morgan fingerprint density at radius 1 is 1.20 bits per heavy atom. The average Bonchev–Trinajstić information content (AvgIpc) is 3.21. The fourth-order valence-electron chi connectivity index (χ4n) is 3.25. The molecule has 0 saturated carbocycles. The van der Waals surface area contributed by atoms with Crippen LogP contribution in [0.15, 0.2) is 36.4 Å². The van der Waals surface area contributed by atoms with Gasteiger partial charge in [0.15, 0.2) is 11.6 Å². The number of likely N-dealkylation sites (tertiary alicyclic amines) is 1. The second kappa shape index (κ2) is 10.1. The van der Waals surface area contributed by atoms with Crippen LogP contribution in [0.5, 0.6) is 5.75 Å². The van der Waals surface area contributed by atoms with E-state index in [4.69, 9.17) is 32.7 Å². The number of carbonyl (C=O) groups excluding carboxylic acids is 2. The van der Waals surface area contributed by atoms with Crippen LogP contribution in [0.25, 0.3) is 0 Å². The minimum Gasteiger partial charge on any atom is -0.488 e. The maximum Gasteiger partial charge on any atom is 0.256 e. The summed E-state index contributed by atoms with van der Waals surface area (Å²) in [5.74, 6) is -1.30. The zero-order chi connectivity index (χ0) is 21.7. The molecule has 1 saturated heterocycles. The van der Waals surface area contributed by atoms with Crippen molar-refractivity contribution in [3.8, 4) is 5.75 Å². The fourth-order valence-corrected chi connectivity index (χ4v) is 3.63. The first-order valence-electron chi connectivity index (χ1n) is 9.39. The lowest BCUT2D eigenvalue weighted by Gasteiger charge is -2.24. The first kappa shape index (κ1) is 22.3. The number of hydrogen-bond acceptors (Lipinski definition) is 4. The third-order valence-electron chi connectivity index (χ3n) is 4.72. The second-order valence-electron chi connectivity index (χ2n) is 6.76. The summed E-state index contributed by atoms with van der Waals surface area (Å²) in [7, 11) is 1.52. The number of methoxy groups -OCH3 is 1. The Morgan fingerprint density at radius 2 is 2.00 bits per heavy atom. The largest absolute Gasteiger partial charge is 0.488 e. The Morgan fingerprint density at radius 3 is 2.73 bits per heavy atom. The van der Waals surface area contributed by atoms with E-state index in [0.29, 0.717) is 31.0 Å². The summed E-state index contributed by atoms with van der Waals surface area (Å²) in [5, 5.41) is 3.32. The molecule has 2 aromatic carbocycles. The van der Waals surface area contributed by atoms with E-state index in [2.05, 4.69) is 5.32 Å². The second-order valence-corrected chi connectivity index (χ2v) is 7.60. The molecule has 1 atom stereocenters. The van der Waals surface area contributed by atoms with Crippen LogP contribution in [0.2, 0.25) is 10.0 Å². The van der Waals surface area contributed by atoms with Gasteiger partial charge in [-0.05, 0) is 43.2 Å². The molecular weight excluding hydrogens is 434 g/mol. The summed E-state index contributed by atoms with van der Waals surface area (Å²) in [4.78, 5) is 27.2. The Hall–Kier alpha value is -2.35. The zero-order valence-electron chi connectivity index (χ0n) is 16.3. The highest BCUT2D eigenvalue weighted by atomic mass is 35.5. The van der Waals surface area contributed by atoms with Crippen LogP contribution >= 0.6 is 23.2 Å². The van der Waals surface area contributed by atoms with Gasteiger partial charge in [-0.2, -0.15) is 0 Å². The van der Waals surface area contributed by atoms with Gasteiger partial charge in [-0.15, -0.1) is 0 Å². The van der Waals surface area contributed by atoms with Crippen LogP contribution in [-0.4, -0.2) is 49.6 Å². The molecule has 3 rings (SSSR count). The number of carbonyl (C=O) groups is 2. The third kappa shape index (κ3) is 5.22. The molecule has 0 radical (unpaired) electrons. The molecule has 1 aliphatic heterocycles. The first-order chi connectivity index (χ1) is 14.4. The highest BCUT2D eigenvalue weighted by Gasteiger charge is 2.35. The molecule has 1 heterocycles. The first-order valence-corrected chi connectivity index (χ1v) is 10.1. The van der Waals surface area contributed by atoms with Gasteiger partial charge in [0.25, 0.3) is 5.91 Å². The van der Waals surface area contributed by atoms with Crippen LogP contribution in [-0.2, 0) is 9.53 Å². The minimum absolute atomic E-state index is 0.0679. The lowest BCUT2D eigenvalue weighted by Crippen LogP contribution is -2.43. The lowest BCUT2D eigenvalue weighted by atomic mass is 10.1. The van der Waals surface area contributed by atoms with E-state index >= 15 is 0 Å². The van der Waals surface area contributed by atoms with Crippen LogP contribution in [0.3, 0.4) is 0 Å². The molecule has 1 unspecified atom stereocenters. The van der Waals surface area contributed by atoms with Gasteiger partial charge >= 0.3 is 0 Å². The number of amides is 2. The lowest BCUT2D eigenvalue weighted by molar-refractivity contribution is -0.119. The quantitative estimate of drug-likeness (QED) is 0.629. The summed E-state index contributed by atoms with van der Waals surface area (Å²) < 4.78 is 24.3. The van der Waals surface area contributed by atoms with Crippen molar-refractivity contribution in [3.63, 3.8) is 0 Å². The van der Waals surface area contributed by atoms with Crippen molar-refractivity contribution in [1.29, 1.82) is 0 Å². The molecular formula is C21H21Cl2FN2O4. The average molecular weight is 455 g/mol. The number of ether oxygens (including phenoxy) is 2. The summed E-state index contributed by atoms with van der Waals surface area (Å²) in [6.45, 7) is 0.963. The van der Waals surface area contributed by atoms with Gasteiger partial charge in [-0.3, -0.25) is 9.59 Å². The van der Waals surface area contributed by atoms with Crippen molar-refractivity contribution >= 4 is 40.7 Å². The van der Waals surface area contributed by atoms with Crippen molar-refractivity contribution < 1.29 is 23.5 Å². The molecule has 0 aromatic heterocycles. The number of nitrogens with one attached hydrogen (secondary N) is 1. The molecule has 160 valence electrons. The SMILES string of the molecule is COCCOc1ccc(NC(=O)C2CCCN2C(=O)c2cc(Cl)ccc2Cl)cc1F. The molecule has 0 bridgehead atoms. The highest BCUT2D eigenvalue weighted by Crippen LogP contribution is 2.27. The Bertz CT molecular complexity index is 941. The van der Waals surface area contributed by atoms with Crippen LogP contribution in [0.1, 0.15) is 23.2 Å². The molecule has 1 aliphatic rings. The number of nitrogens with zero attached hydrogens (tertiary/aromatic N) is 1. The van der Waals surface area contributed by atoms with E-state index in [1.165, 1.54) is 36.3 Å². The standard InChI is InChI=1S/C21H21Cl2FN2O4/c1-29-9-10-30-19-7-5-14(12-17(19)24)25-20(27)18-3-2-8-26(18)21(28)15-11-13(22)4-6-16(15)23/h4-7,11-12,18H,2-3,8-10H2,1H3,(H,25,27). The molecule has 30 heavy (non-hydrogen) atoms. The maximum atomic E-state index is 14.2. The predicted molar refractivity (Wildman–Crippen MR) is 113 cm³/mol. The van der Waals surface area contributed by atoms with E-state index in [1.54, 1.807) is 12.1 Å². The number of rotatable bonds is 7. The van der Waals surface area contributed by atoms with Gasteiger partial charge in [-0.25, -0.2) is 4.39 Å². The van der Waals surface area contributed by atoms with Crippen LogP contribution in [0, 0.1) is 5.82 Å². The molecule has 1 fully saturated rings. The van der Waals surface area contributed by atoms with Crippen LogP contribution in [0.4, 0.5) is 10.1 Å². The molecule has 2 aromatic rings. The summed E-state index contributed by atoms with van der Waals surface area (Å²) >= 11 is 12.1. The highest BCUT2D eigenvalue weighted by molar-refractivity contribution is 6.35. The van der Waals surface area contributed by atoms with Gasteiger partial charge in [0.05, 0.1) is 17.2 Å². The Labute approximate surface area is 183 Å². The van der Waals surface area contributed by atoms with E-state index in [1.807, 2.05) is 0 Å². The van der Waals surface area contributed by atoms with Gasteiger partial charge in [-0.1, -0.05) is 23.2 Å². The van der Waals surface area contributed by atoms with E-state index in [0.717, 1.165) is 0 Å². The number of benzene rings is 2. The summed E-state index contributed by atoms with van der Waals surface area (Å²) in [5.41, 5.74) is 0.518. The van der Waals surface area contributed by atoms with Gasteiger partial charge < -0.3 is 19.7 Å². The van der Waals surface area contributed by atoms with Gasteiger partial charge in [0.2, 0.25) is 5.91 Å². The van der Waals surface area contributed by atoms with E-state index < -0.39 is 17.8 Å². The number of anilines is 1. The number of halogens is 3. The van der Waals surface area contributed by atoms with Crippen molar-refractivity contribution in [2.75, 3.05) is 32.2 Å². The van der Waals surface area contributed by atoms with Crippen molar-refractivity contribution in [3.05, 3.63) is 57.8 Å². The fraction of sp³-hybridized carbons (Fsp3) is 0.333. The minimum atomic E-state index is -0.687. The molecule has 6 nitrogen and oxygen atoms in total. The number of hydrogen-bond donors (Lipinski definition) is 1. The predicted octanol–water partition coefficient (Wildman–Crippen LogP) is 4.40. The zero-order valence-corrected chi connectivity index (χ0v) is 17.8. The molecule has 1 N–H and O–H groups in total. The van der Waals surface area contributed by atoms with Gasteiger partial charge in [0.1, 0.15) is 12.6 Å². The van der Waals surface area contributed by atoms with E-state index in [-0.39, 0.29) is 34.5 Å². The molecule has 0 spiro atoms. The van der Waals surface area contributed by atoms with E-state index in [9.17, 15) is 14.0 Å². The monoisotopic (exact) mass is 454 g/mol. The normalized spacial score (nSPS) is 15.9. The topological polar surface area (TPSA) is 67.9 Å². The molecule has 0 aliphatic carbocycles. The third-order valence-corrected chi connectivity index (χ3v) is 5.28. The van der Waals surface area contributed by atoms with Crippen LogP contribution < -0.4 is 10.1 Å². The maximum absolute atomic E-state index is 14.2. The summed E-state index contributed by atoms with van der Waals surface area (Å²) in [6, 6.07) is 8.08. The van der Waals surface area contributed by atoms with Crippen molar-refractivity contribution in [1.82, 2.24) is 4.90 Å². The Balaban J connectivity index is 1.69.